The number of nitrogens with zero attached hydrogens (tertiary/aromatic N) is 3. The Morgan fingerprint density at radius 3 is 2.75 bits per heavy atom. The zero-order valence-electron chi connectivity index (χ0n) is 19.9. The molecule has 2 amide bonds. The Morgan fingerprint density at radius 2 is 2.03 bits per heavy atom. The minimum atomic E-state index is -2.71. The van der Waals surface area contributed by atoms with Gasteiger partial charge < -0.3 is 14.0 Å². The Hall–Kier alpha value is -4.02. The highest BCUT2D eigenvalue weighted by Gasteiger charge is 2.24. The fraction of sp³-hybridized carbons (Fsp3) is 0.360. The summed E-state index contributed by atoms with van der Waals surface area (Å²) >= 11 is 0. The third kappa shape index (κ3) is 5.45. The standard InChI is InChI=1S/C25H26F2N4O5/c1-15(9-12-35-16(2)32)31-21-8-7-19(30-10-4-11-36-25(30)34)14-20(21)28-24(31)29-23(33)18-6-3-5-17(13-18)22(26)27/h3,5-8,13-15,22H,4,9-12H2,1-2H3,(H,28,29,33)/t15-/m1/s1. The lowest BCUT2D eigenvalue weighted by Crippen LogP contribution is -2.37. The number of imidazole rings is 1. The van der Waals surface area contributed by atoms with E-state index in [4.69, 9.17) is 9.47 Å². The van der Waals surface area contributed by atoms with E-state index >= 15 is 0 Å². The number of nitrogens with one attached hydrogen (secondary N) is 1. The minimum Gasteiger partial charge on any atom is -0.466 e. The molecule has 1 aliphatic rings. The third-order valence-corrected chi connectivity index (χ3v) is 5.86. The second-order valence-electron chi connectivity index (χ2n) is 8.46. The molecule has 1 fully saturated rings. The second kappa shape index (κ2) is 10.7. The summed E-state index contributed by atoms with van der Waals surface area (Å²) in [6.07, 6.45) is -2.01. The molecule has 1 aromatic heterocycles. The topological polar surface area (TPSA) is 103 Å². The predicted molar refractivity (Wildman–Crippen MR) is 128 cm³/mol. The molecule has 9 nitrogen and oxygen atoms in total. The number of aromatic nitrogens is 2. The summed E-state index contributed by atoms with van der Waals surface area (Å²) in [6.45, 7) is 4.25. The fourth-order valence-electron chi connectivity index (χ4n) is 4.07. The van der Waals surface area contributed by atoms with E-state index in [1.807, 2.05) is 6.92 Å². The fourth-order valence-corrected chi connectivity index (χ4v) is 4.07. The zero-order chi connectivity index (χ0) is 25.8. The van der Waals surface area contributed by atoms with Gasteiger partial charge in [0.15, 0.2) is 0 Å². The summed E-state index contributed by atoms with van der Waals surface area (Å²) in [7, 11) is 0. The van der Waals surface area contributed by atoms with Gasteiger partial charge in [0, 0.05) is 42.7 Å². The van der Waals surface area contributed by atoms with Crippen LogP contribution < -0.4 is 10.2 Å². The Balaban J connectivity index is 1.69. The van der Waals surface area contributed by atoms with E-state index in [-0.39, 0.29) is 29.7 Å². The molecule has 1 aliphatic heterocycles. The molecule has 1 saturated heterocycles. The molecule has 0 spiro atoms. The third-order valence-electron chi connectivity index (χ3n) is 5.86. The van der Waals surface area contributed by atoms with Crippen LogP contribution in [0.15, 0.2) is 42.5 Å². The lowest BCUT2D eigenvalue weighted by atomic mass is 10.1. The van der Waals surface area contributed by atoms with Crippen LogP contribution in [0, 0.1) is 0 Å². The Morgan fingerprint density at radius 1 is 1.22 bits per heavy atom. The smallest absolute Gasteiger partial charge is 0.414 e. The van der Waals surface area contributed by atoms with Crippen LogP contribution in [0.2, 0.25) is 0 Å². The molecule has 4 rings (SSSR count). The molecule has 1 atom stereocenters. The van der Waals surface area contributed by atoms with E-state index in [2.05, 4.69) is 10.3 Å². The van der Waals surface area contributed by atoms with Gasteiger partial charge in [0.25, 0.3) is 12.3 Å². The zero-order valence-corrected chi connectivity index (χ0v) is 19.9. The SMILES string of the molecule is CC(=O)OCC[C@@H](C)n1c(NC(=O)c2cccc(C(F)F)c2)nc2cc(N3CCCOC3=O)ccc21. The molecule has 0 saturated carbocycles. The summed E-state index contributed by atoms with van der Waals surface area (Å²) in [6, 6.07) is 10.3. The van der Waals surface area contributed by atoms with Gasteiger partial charge >= 0.3 is 12.1 Å². The van der Waals surface area contributed by atoms with Crippen molar-refractivity contribution < 1.29 is 32.6 Å². The average molecular weight is 501 g/mol. The number of carbonyl (C=O) groups is 3. The maximum Gasteiger partial charge on any atom is 0.414 e. The number of hydrogen-bond donors (Lipinski definition) is 1. The number of rotatable bonds is 8. The van der Waals surface area contributed by atoms with Gasteiger partial charge in [0.2, 0.25) is 5.95 Å². The first-order valence-corrected chi connectivity index (χ1v) is 11.5. The maximum absolute atomic E-state index is 13.1. The number of esters is 1. The highest BCUT2D eigenvalue weighted by molar-refractivity contribution is 6.04. The van der Waals surface area contributed by atoms with E-state index in [1.165, 1.54) is 30.0 Å². The largest absolute Gasteiger partial charge is 0.466 e. The minimum absolute atomic E-state index is 0.0655. The number of carbonyl (C=O) groups excluding carboxylic acids is 3. The van der Waals surface area contributed by atoms with Gasteiger partial charge in [-0.15, -0.1) is 0 Å². The molecular weight excluding hydrogens is 474 g/mol. The number of benzene rings is 2. The molecular formula is C25H26F2N4O5. The quantitative estimate of drug-likeness (QED) is 0.433. The van der Waals surface area contributed by atoms with Crippen molar-refractivity contribution in [3.8, 4) is 0 Å². The van der Waals surface area contributed by atoms with Gasteiger partial charge in [0.1, 0.15) is 0 Å². The van der Waals surface area contributed by atoms with Crippen molar-refractivity contribution in [3.63, 3.8) is 0 Å². The van der Waals surface area contributed by atoms with Gasteiger partial charge in [0.05, 0.1) is 24.2 Å². The van der Waals surface area contributed by atoms with Gasteiger partial charge in [-0.1, -0.05) is 12.1 Å². The predicted octanol–water partition coefficient (Wildman–Crippen LogP) is 5.09. The molecule has 36 heavy (non-hydrogen) atoms. The molecule has 0 bridgehead atoms. The highest BCUT2D eigenvalue weighted by atomic mass is 19.3. The second-order valence-corrected chi connectivity index (χ2v) is 8.46. The normalized spacial score (nSPS) is 14.6. The highest BCUT2D eigenvalue weighted by Crippen LogP contribution is 2.31. The van der Waals surface area contributed by atoms with Gasteiger partial charge in [-0.2, -0.15) is 0 Å². The van der Waals surface area contributed by atoms with Crippen LogP contribution in [-0.4, -0.2) is 47.3 Å². The summed E-state index contributed by atoms with van der Waals surface area (Å²) in [5.41, 5.74) is 1.60. The number of halogens is 2. The van der Waals surface area contributed by atoms with Crippen molar-refractivity contribution in [2.24, 2.45) is 0 Å². The van der Waals surface area contributed by atoms with Crippen LogP contribution in [0.3, 0.4) is 0 Å². The average Bonchev–Trinajstić information content (AvgIpc) is 3.21. The maximum atomic E-state index is 13.1. The van der Waals surface area contributed by atoms with Gasteiger partial charge in [-0.25, -0.2) is 18.6 Å². The van der Waals surface area contributed by atoms with Crippen LogP contribution in [0.25, 0.3) is 11.0 Å². The molecule has 0 aliphatic carbocycles. The number of fused-ring (bicyclic) bond motifs is 1. The molecule has 1 N–H and O–H groups in total. The van der Waals surface area contributed by atoms with Crippen molar-refractivity contribution in [1.82, 2.24) is 9.55 Å². The number of ether oxygens (including phenoxy) is 2. The first kappa shape index (κ1) is 25.1. The summed E-state index contributed by atoms with van der Waals surface area (Å²) in [5.74, 6) is -0.796. The van der Waals surface area contributed by atoms with E-state index in [0.717, 1.165) is 6.07 Å². The molecule has 11 heteroatoms. The lowest BCUT2D eigenvalue weighted by Gasteiger charge is -2.26. The van der Waals surface area contributed by atoms with E-state index < -0.39 is 24.4 Å². The van der Waals surface area contributed by atoms with Crippen LogP contribution >= 0.6 is 0 Å². The lowest BCUT2D eigenvalue weighted by molar-refractivity contribution is -0.141. The number of anilines is 2. The van der Waals surface area contributed by atoms with Crippen molar-refractivity contribution in [1.29, 1.82) is 0 Å². The number of hydrogen-bond acceptors (Lipinski definition) is 6. The summed E-state index contributed by atoms with van der Waals surface area (Å²) in [4.78, 5) is 42.4. The molecule has 0 unspecified atom stereocenters. The van der Waals surface area contributed by atoms with Crippen LogP contribution in [0.1, 0.15) is 55.1 Å². The van der Waals surface area contributed by atoms with Gasteiger partial charge in [-0.05, 0) is 43.7 Å². The number of alkyl halides is 2. The molecule has 190 valence electrons. The van der Waals surface area contributed by atoms with Crippen molar-refractivity contribution in [2.45, 2.75) is 39.2 Å². The van der Waals surface area contributed by atoms with Crippen molar-refractivity contribution in [2.75, 3.05) is 30.0 Å². The van der Waals surface area contributed by atoms with Crippen LogP contribution in [0.5, 0.6) is 0 Å². The molecule has 2 aromatic carbocycles. The summed E-state index contributed by atoms with van der Waals surface area (Å²) < 4.78 is 38.2. The van der Waals surface area contributed by atoms with E-state index in [1.54, 1.807) is 22.8 Å². The summed E-state index contributed by atoms with van der Waals surface area (Å²) in [5, 5.41) is 2.73. The van der Waals surface area contributed by atoms with Crippen LogP contribution in [0.4, 0.5) is 25.2 Å². The number of cyclic esters (lactones) is 1. The van der Waals surface area contributed by atoms with E-state index in [0.29, 0.717) is 42.7 Å². The monoisotopic (exact) mass is 500 g/mol. The van der Waals surface area contributed by atoms with Crippen molar-refractivity contribution >= 4 is 40.6 Å². The Bertz CT molecular complexity index is 1290. The Labute approximate surface area is 206 Å². The molecule has 2 heterocycles. The molecule has 3 aromatic rings. The number of amides is 2. The van der Waals surface area contributed by atoms with E-state index in [9.17, 15) is 23.2 Å². The molecule has 0 radical (unpaired) electrons. The Kier molecular flexibility index (Phi) is 7.47. The van der Waals surface area contributed by atoms with Crippen molar-refractivity contribution in [3.05, 3.63) is 53.6 Å². The first-order chi connectivity index (χ1) is 17.2. The van der Waals surface area contributed by atoms with Gasteiger partial charge in [-0.3, -0.25) is 19.8 Å². The van der Waals surface area contributed by atoms with Crippen LogP contribution in [-0.2, 0) is 14.3 Å². The first-order valence-electron chi connectivity index (χ1n) is 11.5.